The largest absolute Gasteiger partial charge is 0.472 e. The van der Waals surface area contributed by atoms with E-state index in [0.29, 0.717) is 46.7 Å². The van der Waals surface area contributed by atoms with E-state index in [9.17, 15) is 0 Å². The van der Waals surface area contributed by atoms with Gasteiger partial charge in [0, 0.05) is 36.1 Å². The smallest absolute Gasteiger partial charge is 0.319 e. The number of nitrogens with zero attached hydrogens (tertiary/aromatic N) is 5. The molecule has 7 heterocycles. The van der Waals surface area contributed by atoms with Crippen molar-refractivity contribution in [3.63, 3.8) is 0 Å². The van der Waals surface area contributed by atoms with E-state index in [2.05, 4.69) is 27.6 Å². The van der Waals surface area contributed by atoms with Gasteiger partial charge in [0.05, 0.1) is 17.1 Å². The molecule has 10 rings (SSSR count). The molecule has 48 heavy (non-hydrogen) atoms. The number of hydrogen-bond donors (Lipinski definition) is 1. The van der Waals surface area contributed by atoms with Crippen LogP contribution in [0.4, 0.5) is 14.6 Å². The average molecular weight is 647 g/mol. The number of halogens is 2. The van der Waals surface area contributed by atoms with Crippen LogP contribution in [0.1, 0.15) is 51.0 Å². The molecule has 0 amide bonds. The fourth-order valence-electron chi connectivity index (χ4n) is 9.97. The van der Waals surface area contributed by atoms with E-state index in [1.54, 1.807) is 18.2 Å². The number of piperazine rings is 1. The fourth-order valence-corrected chi connectivity index (χ4v) is 9.97. The van der Waals surface area contributed by atoms with Crippen LogP contribution in [0.15, 0.2) is 42.5 Å². The van der Waals surface area contributed by atoms with Crippen molar-refractivity contribution in [3.05, 3.63) is 59.7 Å². The van der Waals surface area contributed by atoms with E-state index in [4.69, 9.17) is 30.8 Å². The van der Waals surface area contributed by atoms with Gasteiger partial charge in [0.1, 0.15) is 40.9 Å². The number of rotatable bonds is 4. The Hall–Kier alpha value is -4.33. The Morgan fingerprint density at radius 3 is 2.83 bits per heavy atom. The van der Waals surface area contributed by atoms with Crippen molar-refractivity contribution in [2.45, 2.75) is 75.2 Å². The zero-order valence-electron chi connectivity index (χ0n) is 26.9. The van der Waals surface area contributed by atoms with Crippen LogP contribution in [0.3, 0.4) is 0 Å². The molecule has 1 aliphatic carbocycles. The first-order valence-corrected chi connectivity index (χ1v) is 17.1. The Morgan fingerprint density at radius 1 is 1.12 bits per heavy atom. The molecule has 10 heteroatoms. The SMILES string of the molecule is C#Cc1c(F)ccc2cccc(-c3nc4c5c(nc(OCC67CC(=C)CN6CCC76CC6)nc5c3F)N3CC5CCC(N5)C3C(C)O4)c12. The molecule has 5 fully saturated rings. The zero-order valence-corrected chi connectivity index (χ0v) is 26.9. The van der Waals surface area contributed by atoms with Crippen molar-refractivity contribution < 1.29 is 18.3 Å². The van der Waals surface area contributed by atoms with Crippen molar-refractivity contribution >= 4 is 27.5 Å². The summed E-state index contributed by atoms with van der Waals surface area (Å²) in [7, 11) is 0. The lowest BCUT2D eigenvalue weighted by molar-refractivity contribution is 0.0649. The predicted octanol–water partition coefficient (Wildman–Crippen LogP) is 5.76. The third-order valence-corrected chi connectivity index (χ3v) is 12.3. The first-order chi connectivity index (χ1) is 23.3. The molecule has 5 unspecified atom stereocenters. The second-order valence-electron chi connectivity index (χ2n) is 14.8. The summed E-state index contributed by atoms with van der Waals surface area (Å²) in [5.41, 5.74) is 1.82. The molecule has 2 bridgehead atoms. The molecule has 6 aliphatic rings. The van der Waals surface area contributed by atoms with Crippen LogP contribution in [0.5, 0.6) is 11.9 Å². The van der Waals surface area contributed by atoms with Gasteiger partial charge in [-0.2, -0.15) is 9.97 Å². The molecule has 2 aromatic heterocycles. The number of aromatic nitrogens is 3. The third-order valence-electron chi connectivity index (χ3n) is 12.3. The number of fused-ring (bicyclic) bond motifs is 8. The van der Waals surface area contributed by atoms with E-state index in [1.807, 2.05) is 13.0 Å². The van der Waals surface area contributed by atoms with E-state index in [0.717, 1.165) is 38.8 Å². The van der Waals surface area contributed by atoms with E-state index in [1.165, 1.54) is 24.5 Å². The number of benzene rings is 2. The number of terminal acetylenes is 1. The van der Waals surface area contributed by atoms with Gasteiger partial charge in [-0.3, -0.25) is 4.90 Å². The Balaban J connectivity index is 1.18. The molecule has 0 radical (unpaired) electrons. The summed E-state index contributed by atoms with van der Waals surface area (Å²) < 4.78 is 45.5. The van der Waals surface area contributed by atoms with Gasteiger partial charge < -0.3 is 19.7 Å². The zero-order chi connectivity index (χ0) is 32.5. The van der Waals surface area contributed by atoms with Crippen molar-refractivity contribution in [3.8, 4) is 35.5 Å². The van der Waals surface area contributed by atoms with Crippen LogP contribution in [0, 0.1) is 29.4 Å². The molecule has 4 saturated heterocycles. The first-order valence-electron chi connectivity index (χ1n) is 17.1. The number of nitrogens with one attached hydrogen (secondary N) is 1. The van der Waals surface area contributed by atoms with Gasteiger partial charge in [-0.25, -0.2) is 13.8 Å². The van der Waals surface area contributed by atoms with Gasteiger partial charge in [0.2, 0.25) is 5.88 Å². The van der Waals surface area contributed by atoms with Crippen LogP contribution in [-0.2, 0) is 0 Å². The van der Waals surface area contributed by atoms with Crippen LogP contribution in [-0.4, -0.2) is 75.9 Å². The maximum Gasteiger partial charge on any atom is 0.319 e. The number of ether oxygens (including phenoxy) is 2. The Bertz CT molecular complexity index is 2130. The molecule has 2 aromatic carbocycles. The van der Waals surface area contributed by atoms with Gasteiger partial charge in [0.15, 0.2) is 5.82 Å². The highest BCUT2D eigenvalue weighted by Crippen LogP contribution is 2.66. The standard InChI is InChI=1S/C38H36F2N6O2/c1-4-24-26(39)10-8-22-6-5-7-25(28(22)24)31-30(40)32-29-34(46-18-23-9-11-27(41-23)33(46)21(3)48-35(29)42-31)44-36(43-32)47-19-38-16-20(2)17-45(38)15-14-37(38)12-13-37/h1,5-8,10,21,23,27,33,41H,2,9,11-19H2,3H3. The summed E-state index contributed by atoms with van der Waals surface area (Å²) in [5, 5.41) is 5.28. The van der Waals surface area contributed by atoms with Gasteiger partial charge in [-0.15, -0.1) is 6.42 Å². The maximum absolute atomic E-state index is 17.2. The number of hydrogen-bond acceptors (Lipinski definition) is 8. The highest BCUT2D eigenvalue weighted by atomic mass is 19.1. The van der Waals surface area contributed by atoms with Crippen LogP contribution in [0.25, 0.3) is 32.9 Å². The Morgan fingerprint density at radius 2 is 2.00 bits per heavy atom. The summed E-state index contributed by atoms with van der Waals surface area (Å²) >= 11 is 0. The molecular weight excluding hydrogens is 610 g/mol. The Labute approximate surface area is 277 Å². The summed E-state index contributed by atoms with van der Waals surface area (Å²) in [4.78, 5) is 19.5. The normalized spacial score (nSPS) is 29.5. The van der Waals surface area contributed by atoms with Crippen LogP contribution in [0.2, 0.25) is 0 Å². The third kappa shape index (κ3) is 3.80. The molecule has 1 spiro atoms. The van der Waals surface area contributed by atoms with Gasteiger partial charge in [-0.1, -0.05) is 42.3 Å². The molecule has 5 atom stereocenters. The van der Waals surface area contributed by atoms with Crippen molar-refractivity contribution in [2.24, 2.45) is 5.41 Å². The monoisotopic (exact) mass is 646 g/mol. The molecule has 1 saturated carbocycles. The minimum absolute atomic E-state index is 0.00268. The van der Waals surface area contributed by atoms with Crippen molar-refractivity contribution in [2.75, 3.05) is 31.1 Å². The minimum Gasteiger partial charge on any atom is -0.472 e. The first kappa shape index (κ1) is 28.7. The second kappa shape index (κ2) is 9.86. The molecule has 1 N–H and O–H groups in total. The van der Waals surface area contributed by atoms with E-state index >= 15 is 8.78 Å². The van der Waals surface area contributed by atoms with Gasteiger partial charge in [0.25, 0.3) is 0 Å². The predicted molar refractivity (Wildman–Crippen MR) is 179 cm³/mol. The highest BCUT2D eigenvalue weighted by Gasteiger charge is 2.67. The van der Waals surface area contributed by atoms with E-state index < -0.39 is 11.6 Å². The highest BCUT2D eigenvalue weighted by molar-refractivity contribution is 6.03. The molecule has 8 nitrogen and oxygen atoms in total. The summed E-state index contributed by atoms with van der Waals surface area (Å²) in [6, 6.07) is 8.89. The lowest BCUT2D eigenvalue weighted by Gasteiger charge is -2.42. The lowest BCUT2D eigenvalue weighted by Crippen LogP contribution is -2.62. The van der Waals surface area contributed by atoms with Crippen molar-refractivity contribution in [1.29, 1.82) is 0 Å². The topological polar surface area (TPSA) is 75.6 Å². The Kier molecular flexibility index (Phi) is 5.89. The molecular formula is C38H36F2N6O2. The average Bonchev–Trinajstić information content (AvgIpc) is 3.62. The number of pyridine rings is 1. The summed E-state index contributed by atoms with van der Waals surface area (Å²) in [5.74, 6) is 2.11. The molecule has 5 aliphatic heterocycles. The van der Waals surface area contributed by atoms with Crippen LogP contribution < -0.4 is 19.7 Å². The summed E-state index contributed by atoms with van der Waals surface area (Å²) in [6.45, 7) is 9.41. The second-order valence-corrected chi connectivity index (χ2v) is 14.8. The lowest BCUT2D eigenvalue weighted by atomic mass is 9.80. The van der Waals surface area contributed by atoms with E-state index in [-0.39, 0.29) is 57.8 Å². The molecule has 244 valence electrons. The maximum atomic E-state index is 17.2. The van der Waals surface area contributed by atoms with Crippen LogP contribution >= 0.6 is 0 Å². The molecule has 4 aromatic rings. The number of anilines is 1. The van der Waals surface area contributed by atoms with Gasteiger partial charge in [-0.05, 0) is 68.9 Å². The quantitative estimate of drug-likeness (QED) is 0.222. The fraction of sp³-hybridized carbons (Fsp3) is 0.447. The summed E-state index contributed by atoms with van der Waals surface area (Å²) in [6.07, 6.45) is 12.0. The van der Waals surface area contributed by atoms with Crippen molar-refractivity contribution in [1.82, 2.24) is 25.2 Å². The minimum atomic E-state index is -0.650. The van der Waals surface area contributed by atoms with Gasteiger partial charge >= 0.3 is 6.01 Å².